The molecular weight excluding hydrogens is 278 g/mol. The molecule has 1 aliphatic carbocycles. The summed E-state index contributed by atoms with van der Waals surface area (Å²) in [4.78, 5) is 23.2. The summed E-state index contributed by atoms with van der Waals surface area (Å²) in [6.07, 6.45) is 6.98. The van der Waals surface area contributed by atoms with Gasteiger partial charge in [-0.05, 0) is 32.3 Å². The number of carbonyl (C=O) groups excluding carboxylic acids is 1. The van der Waals surface area contributed by atoms with Gasteiger partial charge in [0, 0.05) is 36.3 Å². The molecule has 1 aromatic rings. The maximum atomic E-state index is 12.7. The number of ether oxygens (including phenoxy) is 1. The van der Waals surface area contributed by atoms with E-state index < -0.39 is 0 Å². The minimum Gasteiger partial charge on any atom is -0.379 e. The van der Waals surface area contributed by atoms with Gasteiger partial charge in [0.25, 0.3) is 0 Å². The van der Waals surface area contributed by atoms with Crippen molar-refractivity contribution in [2.75, 3.05) is 26.3 Å². The van der Waals surface area contributed by atoms with Crippen LogP contribution in [0.2, 0.25) is 0 Å². The molecule has 0 unspecified atom stereocenters. The standard InChI is InChI=1S/C17H25N3O2/c1-13-8-16(19-12-18-13)9-14-10-20(6-7-22-11-14)17(21)15-4-2-3-5-15/h8,12,14-15H,2-7,9-11H2,1H3/t14-/m1/s1. The molecule has 5 nitrogen and oxygen atoms in total. The second kappa shape index (κ2) is 7.18. The van der Waals surface area contributed by atoms with Crippen LogP contribution in [0.5, 0.6) is 0 Å². The third-order valence-electron chi connectivity index (χ3n) is 4.71. The quantitative estimate of drug-likeness (QED) is 0.857. The largest absolute Gasteiger partial charge is 0.379 e. The van der Waals surface area contributed by atoms with Gasteiger partial charge in [-0.3, -0.25) is 4.79 Å². The zero-order valence-corrected chi connectivity index (χ0v) is 13.3. The highest BCUT2D eigenvalue weighted by molar-refractivity contribution is 5.79. The first kappa shape index (κ1) is 15.4. The highest BCUT2D eigenvalue weighted by atomic mass is 16.5. The number of nitrogens with zero attached hydrogens (tertiary/aromatic N) is 3. The topological polar surface area (TPSA) is 55.3 Å². The third-order valence-corrected chi connectivity index (χ3v) is 4.71. The monoisotopic (exact) mass is 303 g/mol. The number of rotatable bonds is 3. The van der Waals surface area contributed by atoms with E-state index in [0.717, 1.165) is 43.7 Å². The van der Waals surface area contributed by atoms with Crippen LogP contribution in [-0.2, 0) is 16.0 Å². The molecule has 2 fully saturated rings. The molecule has 120 valence electrons. The predicted molar refractivity (Wildman–Crippen MR) is 83.3 cm³/mol. The van der Waals surface area contributed by atoms with Gasteiger partial charge in [-0.25, -0.2) is 9.97 Å². The Bertz CT molecular complexity index is 514. The smallest absolute Gasteiger partial charge is 0.225 e. The maximum absolute atomic E-state index is 12.7. The summed E-state index contributed by atoms with van der Waals surface area (Å²) >= 11 is 0. The zero-order valence-electron chi connectivity index (χ0n) is 13.3. The Hall–Kier alpha value is -1.49. The molecule has 0 bridgehead atoms. The normalized spacial score (nSPS) is 23.5. The fourth-order valence-electron chi connectivity index (χ4n) is 3.55. The Morgan fingerprint density at radius 1 is 1.36 bits per heavy atom. The molecule has 1 saturated carbocycles. The number of amides is 1. The molecule has 0 aromatic carbocycles. The first-order chi connectivity index (χ1) is 10.7. The van der Waals surface area contributed by atoms with Crippen molar-refractivity contribution in [1.82, 2.24) is 14.9 Å². The highest BCUT2D eigenvalue weighted by Crippen LogP contribution is 2.27. The van der Waals surface area contributed by atoms with Crippen LogP contribution in [0.4, 0.5) is 0 Å². The van der Waals surface area contributed by atoms with Gasteiger partial charge < -0.3 is 9.64 Å². The van der Waals surface area contributed by atoms with Gasteiger partial charge in [-0.2, -0.15) is 0 Å². The first-order valence-corrected chi connectivity index (χ1v) is 8.36. The molecule has 1 aliphatic heterocycles. The molecule has 0 N–H and O–H groups in total. The van der Waals surface area contributed by atoms with Gasteiger partial charge in [0.1, 0.15) is 6.33 Å². The van der Waals surface area contributed by atoms with Crippen molar-refractivity contribution < 1.29 is 9.53 Å². The van der Waals surface area contributed by atoms with E-state index in [4.69, 9.17) is 4.74 Å². The second-order valence-corrected chi connectivity index (χ2v) is 6.56. The Kier molecular flexibility index (Phi) is 5.03. The average molecular weight is 303 g/mol. The van der Waals surface area contributed by atoms with E-state index in [0.29, 0.717) is 25.0 Å². The molecule has 1 atom stereocenters. The van der Waals surface area contributed by atoms with Gasteiger partial charge >= 0.3 is 0 Å². The first-order valence-electron chi connectivity index (χ1n) is 8.36. The van der Waals surface area contributed by atoms with E-state index in [1.165, 1.54) is 12.8 Å². The van der Waals surface area contributed by atoms with Gasteiger partial charge in [0.05, 0.1) is 13.2 Å². The van der Waals surface area contributed by atoms with Crippen molar-refractivity contribution in [3.05, 3.63) is 23.8 Å². The molecule has 1 amide bonds. The van der Waals surface area contributed by atoms with Crippen LogP contribution < -0.4 is 0 Å². The van der Waals surface area contributed by atoms with Crippen LogP contribution >= 0.6 is 0 Å². The molecular formula is C17H25N3O2. The van der Waals surface area contributed by atoms with Crippen molar-refractivity contribution in [1.29, 1.82) is 0 Å². The van der Waals surface area contributed by atoms with E-state index >= 15 is 0 Å². The van der Waals surface area contributed by atoms with Crippen LogP contribution in [0.1, 0.15) is 37.1 Å². The van der Waals surface area contributed by atoms with Crippen LogP contribution in [0.15, 0.2) is 12.4 Å². The Labute approximate surface area is 132 Å². The number of hydrogen-bond donors (Lipinski definition) is 0. The number of hydrogen-bond acceptors (Lipinski definition) is 4. The van der Waals surface area contributed by atoms with Crippen LogP contribution in [0, 0.1) is 18.8 Å². The molecule has 0 radical (unpaired) electrons. The summed E-state index contributed by atoms with van der Waals surface area (Å²) in [7, 11) is 0. The van der Waals surface area contributed by atoms with Gasteiger partial charge in [-0.15, -0.1) is 0 Å². The predicted octanol–water partition coefficient (Wildman–Crippen LogP) is 1.99. The highest BCUT2D eigenvalue weighted by Gasteiger charge is 2.30. The summed E-state index contributed by atoms with van der Waals surface area (Å²) in [5.41, 5.74) is 2.02. The lowest BCUT2D eigenvalue weighted by Gasteiger charge is -2.26. The number of aromatic nitrogens is 2. The zero-order chi connectivity index (χ0) is 15.4. The van der Waals surface area contributed by atoms with Crippen LogP contribution in [-0.4, -0.2) is 47.1 Å². The molecule has 2 heterocycles. The summed E-state index contributed by atoms with van der Waals surface area (Å²) in [6, 6.07) is 2.02. The number of aryl methyl sites for hydroxylation is 1. The van der Waals surface area contributed by atoms with Crippen LogP contribution in [0.25, 0.3) is 0 Å². The Morgan fingerprint density at radius 3 is 2.95 bits per heavy atom. The fourth-order valence-corrected chi connectivity index (χ4v) is 3.55. The van der Waals surface area contributed by atoms with Crippen molar-refractivity contribution in [2.45, 2.75) is 39.0 Å². The second-order valence-electron chi connectivity index (χ2n) is 6.56. The summed E-state index contributed by atoms with van der Waals surface area (Å²) < 4.78 is 5.72. The molecule has 5 heteroatoms. The van der Waals surface area contributed by atoms with Gasteiger partial charge in [0.2, 0.25) is 5.91 Å². The van der Waals surface area contributed by atoms with Crippen molar-refractivity contribution in [2.24, 2.45) is 11.8 Å². The minimum absolute atomic E-state index is 0.250. The lowest BCUT2D eigenvalue weighted by atomic mass is 10.0. The van der Waals surface area contributed by atoms with Crippen LogP contribution in [0.3, 0.4) is 0 Å². The third kappa shape index (κ3) is 3.83. The lowest BCUT2D eigenvalue weighted by Crippen LogP contribution is -2.39. The van der Waals surface area contributed by atoms with E-state index in [2.05, 4.69) is 9.97 Å². The van der Waals surface area contributed by atoms with E-state index in [9.17, 15) is 4.79 Å². The molecule has 1 saturated heterocycles. The molecule has 0 spiro atoms. The lowest BCUT2D eigenvalue weighted by molar-refractivity contribution is -0.135. The van der Waals surface area contributed by atoms with Gasteiger partial charge in [-0.1, -0.05) is 12.8 Å². The minimum atomic E-state index is 0.250. The summed E-state index contributed by atoms with van der Waals surface area (Å²) in [6.45, 7) is 4.85. The van der Waals surface area contributed by atoms with Crippen molar-refractivity contribution in [3.63, 3.8) is 0 Å². The molecule has 1 aromatic heterocycles. The Balaban J connectivity index is 1.63. The molecule has 3 rings (SSSR count). The SMILES string of the molecule is Cc1cc(C[C@H]2COCCN(C(=O)C3CCCC3)C2)ncn1. The maximum Gasteiger partial charge on any atom is 0.225 e. The van der Waals surface area contributed by atoms with E-state index in [1.807, 2.05) is 17.9 Å². The Morgan fingerprint density at radius 2 is 2.18 bits per heavy atom. The molecule has 22 heavy (non-hydrogen) atoms. The summed E-state index contributed by atoms with van der Waals surface area (Å²) in [5.74, 6) is 0.911. The van der Waals surface area contributed by atoms with Crippen molar-refractivity contribution >= 4 is 5.91 Å². The number of carbonyl (C=O) groups is 1. The molecule has 2 aliphatic rings. The fraction of sp³-hybridized carbons (Fsp3) is 0.706. The van der Waals surface area contributed by atoms with Crippen molar-refractivity contribution in [3.8, 4) is 0 Å². The van der Waals surface area contributed by atoms with E-state index in [-0.39, 0.29) is 5.92 Å². The van der Waals surface area contributed by atoms with Gasteiger partial charge in [0.15, 0.2) is 0 Å². The summed E-state index contributed by atoms with van der Waals surface area (Å²) in [5, 5.41) is 0. The van der Waals surface area contributed by atoms with E-state index in [1.54, 1.807) is 6.33 Å². The average Bonchev–Trinajstić information content (AvgIpc) is 2.94.